The number of hydrogen-bond acceptors (Lipinski definition) is 3. The number of nitrogens with one attached hydrogen (secondary N) is 1. The van der Waals surface area contributed by atoms with E-state index in [0.29, 0.717) is 6.42 Å². The van der Waals surface area contributed by atoms with E-state index in [1.165, 1.54) is 0 Å². The summed E-state index contributed by atoms with van der Waals surface area (Å²) in [4.78, 5) is 24.0. The van der Waals surface area contributed by atoms with Crippen LogP contribution in [0.2, 0.25) is 0 Å². The Morgan fingerprint density at radius 3 is 2.59 bits per heavy atom. The SMILES string of the molecule is O=C(OCc1ccccc1)N1CCCC1NC(=O)C(F)(F)F. The summed E-state index contributed by atoms with van der Waals surface area (Å²) in [6, 6.07) is 8.91. The van der Waals surface area contributed by atoms with Crippen molar-refractivity contribution < 1.29 is 27.5 Å². The summed E-state index contributed by atoms with van der Waals surface area (Å²) >= 11 is 0. The van der Waals surface area contributed by atoms with Crippen molar-refractivity contribution in [3.05, 3.63) is 35.9 Å². The van der Waals surface area contributed by atoms with E-state index < -0.39 is 24.3 Å². The lowest BCUT2D eigenvalue weighted by Gasteiger charge is -2.25. The highest BCUT2D eigenvalue weighted by Crippen LogP contribution is 2.20. The van der Waals surface area contributed by atoms with Crippen LogP contribution in [0.3, 0.4) is 0 Å². The van der Waals surface area contributed by atoms with Crippen molar-refractivity contribution in [2.75, 3.05) is 6.54 Å². The van der Waals surface area contributed by atoms with Gasteiger partial charge in [-0.25, -0.2) is 4.79 Å². The highest BCUT2D eigenvalue weighted by molar-refractivity contribution is 5.82. The fourth-order valence-corrected chi connectivity index (χ4v) is 2.17. The quantitative estimate of drug-likeness (QED) is 0.932. The molecule has 1 aromatic rings. The molecule has 1 aliphatic heterocycles. The third-order valence-electron chi connectivity index (χ3n) is 3.25. The maximum absolute atomic E-state index is 12.3. The molecule has 0 aliphatic carbocycles. The number of amides is 2. The van der Waals surface area contributed by atoms with Gasteiger partial charge in [0.15, 0.2) is 0 Å². The van der Waals surface area contributed by atoms with E-state index in [1.54, 1.807) is 24.3 Å². The van der Waals surface area contributed by atoms with Crippen LogP contribution in [-0.4, -0.2) is 35.8 Å². The number of carbonyl (C=O) groups is 2. The number of nitrogens with zero attached hydrogens (tertiary/aromatic N) is 1. The van der Waals surface area contributed by atoms with E-state index in [2.05, 4.69) is 0 Å². The highest BCUT2D eigenvalue weighted by atomic mass is 19.4. The van der Waals surface area contributed by atoms with Gasteiger partial charge in [0.25, 0.3) is 0 Å². The van der Waals surface area contributed by atoms with Crippen LogP contribution < -0.4 is 5.32 Å². The predicted molar refractivity (Wildman–Crippen MR) is 70.6 cm³/mol. The summed E-state index contributed by atoms with van der Waals surface area (Å²) in [5.41, 5.74) is 0.769. The molecule has 1 fully saturated rings. The molecule has 0 saturated carbocycles. The zero-order valence-corrected chi connectivity index (χ0v) is 11.6. The Hall–Kier alpha value is -2.25. The van der Waals surface area contributed by atoms with Crippen LogP contribution >= 0.6 is 0 Å². The fourth-order valence-electron chi connectivity index (χ4n) is 2.17. The molecule has 0 radical (unpaired) electrons. The van der Waals surface area contributed by atoms with Crippen molar-refractivity contribution in [3.63, 3.8) is 0 Å². The Balaban J connectivity index is 1.89. The Bertz CT molecular complexity index is 534. The smallest absolute Gasteiger partial charge is 0.444 e. The van der Waals surface area contributed by atoms with E-state index in [9.17, 15) is 22.8 Å². The molecule has 1 aliphatic rings. The molecule has 1 unspecified atom stereocenters. The third kappa shape index (κ3) is 4.12. The van der Waals surface area contributed by atoms with E-state index in [-0.39, 0.29) is 19.6 Å². The fraction of sp³-hybridized carbons (Fsp3) is 0.429. The average molecular weight is 316 g/mol. The predicted octanol–water partition coefficient (Wildman–Crippen LogP) is 2.42. The molecule has 8 heteroatoms. The molecule has 1 aromatic carbocycles. The minimum atomic E-state index is -4.97. The van der Waals surface area contributed by atoms with Crippen molar-refractivity contribution in [2.24, 2.45) is 0 Å². The molecule has 0 bridgehead atoms. The van der Waals surface area contributed by atoms with Gasteiger partial charge in [-0.2, -0.15) is 13.2 Å². The number of alkyl halides is 3. The van der Waals surface area contributed by atoms with Crippen molar-refractivity contribution >= 4 is 12.0 Å². The summed E-state index contributed by atoms with van der Waals surface area (Å²) in [5.74, 6) is -2.06. The zero-order chi connectivity index (χ0) is 16.2. The van der Waals surface area contributed by atoms with Gasteiger partial charge >= 0.3 is 18.2 Å². The molecule has 22 heavy (non-hydrogen) atoms. The monoisotopic (exact) mass is 316 g/mol. The first-order valence-electron chi connectivity index (χ1n) is 6.73. The van der Waals surface area contributed by atoms with Crippen LogP contribution in [0, 0.1) is 0 Å². The van der Waals surface area contributed by atoms with Crippen LogP contribution in [0.1, 0.15) is 18.4 Å². The normalized spacial score (nSPS) is 18.1. The van der Waals surface area contributed by atoms with E-state index >= 15 is 0 Å². The van der Waals surface area contributed by atoms with Gasteiger partial charge in [0.2, 0.25) is 0 Å². The molecule has 5 nitrogen and oxygen atoms in total. The van der Waals surface area contributed by atoms with Crippen molar-refractivity contribution in [1.29, 1.82) is 0 Å². The van der Waals surface area contributed by atoms with Crippen molar-refractivity contribution in [1.82, 2.24) is 10.2 Å². The molecule has 0 aromatic heterocycles. The third-order valence-corrected chi connectivity index (χ3v) is 3.25. The van der Waals surface area contributed by atoms with E-state index in [1.807, 2.05) is 11.4 Å². The molecule has 1 heterocycles. The second-order valence-corrected chi connectivity index (χ2v) is 4.86. The lowest BCUT2D eigenvalue weighted by molar-refractivity contribution is -0.175. The van der Waals surface area contributed by atoms with Crippen LogP contribution in [0.5, 0.6) is 0 Å². The Morgan fingerprint density at radius 2 is 1.95 bits per heavy atom. The van der Waals surface area contributed by atoms with Crippen LogP contribution in [0.4, 0.5) is 18.0 Å². The number of likely N-dealkylation sites (tertiary alicyclic amines) is 1. The summed E-state index contributed by atoms with van der Waals surface area (Å²) in [5, 5.41) is 1.81. The summed E-state index contributed by atoms with van der Waals surface area (Å²) in [6.07, 6.45) is -5.93. The van der Waals surface area contributed by atoms with Crippen molar-refractivity contribution in [2.45, 2.75) is 31.8 Å². The minimum Gasteiger partial charge on any atom is -0.444 e. The molecular formula is C14H15F3N2O3. The maximum Gasteiger partial charge on any atom is 0.471 e. The topological polar surface area (TPSA) is 58.6 Å². The van der Waals surface area contributed by atoms with Gasteiger partial charge < -0.3 is 10.1 Å². The van der Waals surface area contributed by atoms with Gasteiger partial charge in [-0.15, -0.1) is 0 Å². The van der Waals surface area contributed by atoms with Gasteiger partial charge in [0.1, 0.15) is 12.8 Å². The Kier molecular flexibility index (Phi) is 4.89. The molecule has 1 saturated heterocycles. The summed E-state index contributed by atoms with van der Waals surface area (Å²) < 4.78 is 41.8. The lowest BCUT2D eigenvalue weighted by atomic mass is 10.2. The summed E-state index contributed by atoms with van der Waals surface area (Å²) in [7, 11) is 0. The summed E-state index contributed by atoms with van der Waals surface area (Å²) in [6.45, 7) is 0.270. The molecule has 1 N–H and O–H groups in total. The van der Waals surface area contributed by atoms with Crippen LogP contribution in [0.25, 0.3) is 0 Å². The first kappa shape index (κ1) is 16.1. The van der Waals surface area contributed by atoms with Gasteiger partial charge in [-0.1, -0.05) is 30.3 Å². The number of carbonyl (C=O) groups excluding carboxylic acids is 2. The number of halogens is 3. The molecule has 0 spiro atoms. The van der Waals surface area contributed by atoms with Crippen molar-refractivity contribution in [3.8, 4) is 0 Å². The molecule has 120 valence electrons. The number of benzene rings is 1. The number of rotatable bonds is 3. The average Bonchev–Trinajstić information content (AvgIpc) is 2.93. The second kappa shape index (κ2) is 6.67. The van der Waals surface area contributed by atoms with E-state index in [0.717, 1.165) is 10.5 Å². The molecule has 2 rings (SSSR count). The second-order valence-electron chi connectivity index (χ2n) is 4.86. The first-order chi connectivity index (χ1) is 10.4. The van der Waals surface area contributed by atoms with Crippen LogP contribution in [-0.2, 0) is 16.1 Å². The van der Waals surface area contributed by atoms with Crippen LogP contribution in [0.15, 0.2) is 30.3 Å². The lowest BCUT2D eigenvalue weighted by Crippen LogP contribution is -2.50. The Labute approximate surface area is 125 Å². The van der Waals surface area contributed by atoms with Gasteiger partial charge in [-0.3, -0.25) is 9.69 Å². The largest absolute Gasteiger partial charge is 0.471 e. The zero-order valence-electron chi connectivity index (χ0n) is 11.6. The van der Waals surface area contributed by atoms with Gasteiger partial charge in [-0.05, 0) is 18.4 Å². The molecular weight excluding hydrogens is 301 g/mol. The minimum absolute atomic E-state index is 0.0239. The van der Waals surface area contributed by atoms with E-state index in [4.69, 9.17) is 4.74 Å². The first-order valence-corrected chi connectivity index (χ1v) is 6.73. The highest BCUT2D eigenvalue weighted by Gasteiger charge is 2.42. The number of ether oxygens (including phenoxy) is 1. The number of hydrogen-bond donors (Lipinski definition) is 1. The maximum atomic E-state index is 12.3. The Morgan fingerprint density at radius 1 is 1.27 bits per heavy atom. The van der Waals surface area contributed by atoms with Gasteiger partial charge in [0.05, 0.1) is 0 Å². The molecule has 2 amide bonds. The van der Waals surface area contributed by atoms with Gasteiger partial charge in [0, 0.05) is 6.54 Å². The standard InChI is InChI=1S/C14H15F3N2O3/c15-14(16,17)12(20)18-11-7-4-8-19(11)13(21)22-9-10-5-2-1-3-6-10/h1-3,5-6,11H,4,7-9H2,(H,18,20). The molecule has 1 atom stereocenters.